The van der Waals surface area contributed by atoms with Crippen LogP contribution in [0.2, 0.25) is 0 Å². The van der Waals surface area contributed by atoms with E-state index in [4.69, 9.17) is 0 Å². The van der Waals surface area contributed by atoms with E-state index in [1.807, 2.05) is 24.9 Å². The largest absolute Gasteiger partial charge is 0.336 e. The number of rotatable bonds is 2. The molecule has 0 atom stereocenters. The number of carbonyl (C=O) groups is 1. The van der Waals surface area contributed by atoms with Gasteiger partial charge in [0, 0.05) is 31.4 Å². The molecule has 2 rings (SSSR count). The molecule has 0 aliphatic carbocycles. The van der Waals surface area contributed by atoms with Crippen LogP contribution in [0.15, 0.2) is 6.20 Å². The van der Waals surface area contributed by atoms with Crippen molar-refractivity contribution in [2.75, 3.05) is 13.1 Å². The minimum Gasteiger partial charge on any atom is -0.336 e. The predicted molar refractivity (Wildman–Crippen MR) is 51.8 cm³/mol. The van der Waals surface area contributed by atoms with Crippen molar-refractivity contribution in [1.29, 1.82) is 0 Å². The van der Waals surface area contributed by atoms with Gasteiger partial charge in [-0.15, -0.1) is 0 Å². The first-order valence-electron chi connectivity index (χ1n) is 4.68. The Bertz CT molecular complexity index is 358. The van der Waals surface area contributed by atoms with E-state index < -0.39 is 0 Å². The molecule has 1 aliphatic heterocycles. The molecule has 0 unspecified atom stereocenters. The van der Waals surface area contributed by atoms with E-state index >= 15 is 0 Å². The summed E-state index contributed by atoms with van der Waals surface area (Å²) in [5.74, 6) is 0. The summed E-state index contributed by atoms with van der Waals surface area (Å²) in [6.45, 7) is 4.20. The predicted octanol–water partition coefficient (Wildman–Crippen LogP) is 0.254. The van der Waals surface area contributed by atoms with E-state index in [0.717, 1.165) is 24.3 Å². The average Bonchev–Trinajstić information content (AvgIpc) is 2.68. The fourth-order valence-electron chi connectivity index (χ4n) is 1.57. The maximum absolute atomic E-state index is 11.3. The summed E-state index contributed by atoms with van der Waals surface area (Å²) in [7, 11) is 1.91. The molecule has 0 radical (unpaired) electrons. The van der Waals surface area contributed by atoms with Crippen molar-refractivity contribution in [3.63, 3.8) is 0 Å². The average molecular weight is 194 g/mol. The highest BCUT2D eigenvalue weighted by Crippen LogP contribution is 2.10. The van der Waals surface area contributed by atoms with Gasteiger partial charge in [0.2, 0.25) is 0 Å². The lowest BCUT2D eigenvalue weighted by molar-refractivity contribution is 0.215. The summed E-state index contributed by atoms with van der Waals surface area (Å²) in [6.07, 6.45) is 1.82. The molecular formula is C9H14N4O. The van der Waals surface area contributed by atoms with Crippen LogP contribution in [0.5, 0.6) is 0 Å². The van der Waals surface area contributed by atoms with Gasteiger partial charge < -0.3 is 10.2 Å². The van der Waals surface area contributed by atoms with E-state index in [0.29, 0.717) is 6.54 Å². The molecule has 1 N–H and O–H groups in total. The normalized spacial score (nSPS) is 16.1. The van der Waals surface area contributed by atoms with Crippen molar-refractivity contribution in [2.24, 2.45) is 7.05 Å². The highest BCUT2D eigenvalue weighted by molar-refractivity contribution is 5.76. The standard InChI is InChI=1S/C9H14N4O/c1-7-8(5-11-12(7)2)6-13-4-3-10-9(13)14/h5H,3-4,6H2,1-2H3,(H,10,14). The number of hydrogen-bond acceptors (Lipinski definition) is 2. The van der Waals surface area contributed by atoms with Crippen LogP contribution >= 0.6 is 0 Å². The van der Waals surface area contributed by atoms with Crippen LogP contribution in [0.1, 0.15) is 11.3 Å². The molecule has 0 bridgehead atoms. The summed E-state index contributed by atoms with van der Waals surface area (Å²) in [5.41, 5.74) is 2.23. The Morgan fingerprint density at radius 1 is 1.64 bits per heavy atom. The molecule has 1 fully saturated rings. The first kappa shape index (κ1) is 9.05. The van der Waals surface area contributed by atoms with Crippen molar-refractivity contribution in [3.05, 3.63) is 17.5 Å². The number of urea groups is 1. The molecule has 1 saturated heterocycles. The fourth-order valence-corrected chi connectivity index (χ4v) is 1.57. The molecular weight excluding hydrogens is 180 g/mol. The maximum Gasteiger partial charge on any atom is 0.317 e. The maximum atomic E-state index is 11.3. The van der Waals surface area contributed by atoms with Gasteiger partial charge in [0.15, 0.2) is 0 Å². The summed E-state index contributed by atoms with van der Waals surface area (Å²) < 4.78 is 1.82. The number of aromatic nitrogens is 2. The van der Waals surface area contributed by atoms with Gasteiger partial charge in [0.25, 0.3) is 0 Å². The Balaban J connectivity index is 2.10. The molecule has 0 saturated carbocycles. The van der Waals surface area contributed by atoms with Crippen LogP contribution in [-0.4, -0.2) is 33.8 Å². The second-order valence-corrected chi connectivity index (χ2v) is 3.53. The molecule has 0 spiro atoms. The summed E-state index contributed by atoms with van der Waals surface area (Å²) in [6, 6.07) is 0.0215. The monoisotopic (exact) mass is 194 g/mol. The first-order chi connectivity index (χ1) is 6.68. The number of nitrogens with zero attached hydrogens (tertiary/aromatic N) is 3. The van der Waals surface area contributed by atoms with Crippen molar-refractivity contribution in [3.8, 4) is 0 Å². The second-order valence-electron chi connectivity index (χ2n) is 3.53. The molecule has 14 heavy (non-hydrogen) atoms. The number of nitrogens with one attached hydrogen (secondary N) is 1. The molecule has 0 aromatic carbocycles. The minimum atomic E-state index is 0.0215. The van der Waals surface area contributed by atoms with E-state index in [2.05, 4.69) is 10.4 Å². The van der Waals surface area contributed by atoms with Gasteiger partial charge in [-0.1, -0.05) is 0 Å². The molecule has 1 aromatic heterocycles. The summed E-state index contributed by atoms with van der Waals surface area (Å²) in [4.78, 5) is 13.1. The SMILES string of the molecule is Cc1c(CN2CCNC2=O)cnn1C. The van der Waals surface area contributed by atoms with Gasteiger partial charge in [-0.2, -0.15) is 5.10 Å². The minimum absolute atomic E-state index is 0.0215. The summed E-state index contributed by atoms with van der Waals surface area (Å²) in [5, 5.41) is 6.92. The quantitative estimate of drug-likeness (QED) is 0.734. The van der Waals surface area contributed by atoms with Gasteiger partial charge in [0.05, 0.1) is 12.7 Å². The first-order valence-corrected chi connectivity index (χ1v) is 4.68. The fraction of sp³-hybridized carbons (Fsp3) is 0.556. The topological polar surface area (TPSA) is 50.2 Å². The van der Waals surface area contributed by atoms with Crippen molar-refractivity contribution in [2.45, 2.75) is 13.5 Å². The Kier molecular flexibility index (Phi) is 2.15. The van der Waals surface area contributed by atoms with Gasteiger partial charge >= 0.3 is 6.03 Å². The van der Waals surface area contributed by atoms with E-state index in [1.54, 1.807) is 4.90 Å². The Labute approximate surface area is 82.7 Å². The summed E-state index contributed by atoms with van der Waals surface area (Å²) >= 11 is 0. The third kappa shape index (κ3) is 1.45. The van der Waals surface area contributed by atoms with Crippen LogP contribution in [0.25, 0.3) is 0 Å². The number of aryl methyl sites for hydroxylation is 1. The molecule has 5 heteroatoms. The zero-order valence-corrected chi connectivity index (χ0v) is 8.45. The van der Waals surface area contributed by atoms with E-state index in [-0.39, 0.29) is 6.03 Å². The van der Waals surface area contributed by atoms with Gasteiger partial charge in [-0.25, -0.2) is 4.79 Å². The van der Waals surface area contributed by atoms with Crippen molar-refractivity contribution < 1.29 is 4.79 Å². The Hall–Kier alpha value is -1.52. The highest BCUT2D eigenvalue weighted by atomic mass is 16.2. The van der Waals surface area contributed by atoms with Crippen LogP contribution in [0.4, 0.5) is 4.79 Å². The third-order valence-corrected chi connectivity index (χ3v) is 2.64. The molecule has 76 valence electrons. The second kappa shape index (κ2) is 3.32. The lowest BCUT2D eigenvalue weighted by atomic mass is 10.2. The molecule has 5 nitrogen and oxygen atoms in total. The van der Waals surface area contributed by atoms with Gasteiger partial charge in [-0.05, 0) is 6.92 Å². The molecule has 1 aromatic rings. The highest BCUT2D eigenvalue weighted by Gasteiger charge is 2.20. The van der Waals surface area contributed by atoms with Crippen LogP contribution in [-0.2, 0) is 13.6 Å². The van der Waals surface area contributed by atoms with Crippen LogP contribution in [0.3, 0.4) is 0 Å². The Morgan fingerprint density at radius 2 is 2.43 bits per heavy atom. The lowest BCUT2D eigenvalue weighted by Gasteiger charge is -2.13. The van der Waals surface area contributed by atoms with Gasteiger partial charge in [0.1, 0.15) is 0 Å². The van der Waals surface area contributed by atoms with Crippen molar-refractivity contribution in [1.82, 2.24) is 20.0 Å². The lowest BCUT2D eigenvalue weighted by Crippen LogP contribution is -2.27. The smallest absolute Gasteiger partial charge is 0.317 e. The van der Waals surface area contributed by atoms with Gasteiger partial charge in [-0.3, -0.25) is 4.68 Å². The Morgan fingerprint density at radius 3 is 2.93 bits per heavy atom. The third-order valence-electron chi connectivity index (χ3n) is 2.64. The van der Waals surface area contributed by atoms with Crippen molar-refractivity contribution >= 4 is 6.03 Å². The van der Waals surface area contributed by atoms with Crippen LogP contribution in [0, 0.1) is 6.92 Å². The zero-order chi connectivity index (χ0) is 10.1. The van der Waals surface area contributed by atoms with Crippen LogP contribution < -0.4 is 5.32 Å². The number of hydrogen-bond donors (Lipinski definition) is 1. The van der Waals surface area contributed by atoms with E-state index in [1.165, 1.54) is 0 Å². The molecule has 1 aliphatic rings. The number of amides is 2. The van der Waals surface area contributed by atoms with E-state index in [9.17, 15) is 4.79 Å². The molecule has 2 amide bonds. The zero-order valence-electron chi connectivity index (χ0n) is 8.45. The molecule has 2 heterocycles. The number of carbonyl (C=O) groups excluding carboxylic acids is 1.